The standard InChI is InChI=1S/C27H27N3O7.C3H9N/c1-16-7-12-21(18(13-16)15-31)30(3)27(37)29(2)19-10-8-17(9-11-19)14-20(26(35)36)28-25(34)24-22(32)5-4-6-23(24)33;1-4(2)3/h4-13,15,20,32-33H,14H2,1-3H3,(H,28,34)(H,35,36);1-3H3. The molecule has 0 bridgehead atoms. The minimum atomic E-state index is -1.34. The lowest BCUT2D eigenvalue weighted by Gasteiger charge is -2.26. The minimum absolute atomic E-state index is 0.0840. The molecule has 11 heteroatoms. The van der Waals surface area contributed by atoms with Crippen LogP contribution in [0.2, 0.25) is 0 Å². The molecular formula is C30H36N4O7. The average molecular weight is 565 g/mol. The lowest BCUT2D eigenvalue weighted by atomic mass is 10.0. The van der Waals surface area contributed by atoms with E-state index in [-0.39, 0.29) is 6.42 Å². The van der Waals surface area contributed by atoms with E-state index in [2.05, 4.69) is 5.32 Å². The van der Waals surface area contributed by atoms with Gasteiger partial charge in [0.2, 0.25) is 0 Å². The van der Waals surface area contributed by atoms with Crippen LogP contribution in [0.3, 0.4) is 0 Å². The molecule has 1 atom stereocenters. The topological polar surface area (TPSA) is 151 Å². The molecule has 3 aromatic rings. The quantitative estimate of drug-likeness (QED) is 0.304. The van der Waals surface area contributed by atoms with Crippen LogP contribution >= 0.6 is 0 Å². The second-order valence-corrected chi connectivity index (χ2v) is 9.83. The molecule has 11 nitrogen and oxygen atoms in total. The number of benzene rings is 3. The second-order valence-electron chi connectivity index (χ2n) is 9.83. The molecule has 0 radical (unpaired) electrons. The lowest BCUT2D eigenvalue weighted by molar-refractivity contribution is -0.139. The summed E-state index contributed by atoms with van der Waals surface area (Å²) in [7, 11) is 9.13. The number of hydrogen-bond acceptors (Lipinski definition) is 7. The van der Waals surface area contributed by atoms with Crippen LogP contribution in [0.5, 0.6) is 11.5 Å². The van der Waals surface area contributed by atoms with Crippen LogP contribution in [0, 0.1) is 6.92 Å². The first-order valence-corrected chi connectivity index (χ1v) is 12.6. The first kappa shape index (κ1) is 32.3. The number of anilines is 2. The molecule has 0 saturated carbocycles. The van der Waals surface area contributed by atoms with Gasteiger partial charge in [0.1, 0.15) is 23.1 Å². The summed E-state index contributed by atoms with van der Waals surface area (Å²) < 4.78 is 0. The Balaban J connectivity index is 0.00000138. The van der Waals surface area contributed by atoms with Crippen molar-refractivity contribution in [3.63, 3.8) is 0 Å². The summed E-state index contributed by atoms with van der Waals surface area (Å²) >= 11 is 0. The number of nitrogens with one attached hydrogen (secondary N) is 1. The molecule has 0 aliphatic carbocycles. The zero-order chi connectivity index (χ0) is 30.9. The maximum Gasteiger partial charge on any atom is 0.328 e. The van der Waals surface area contributed by atoms with Crippen LogP contribution in [0.4, 0.5) is 16.2 Å². The highest BCUT2D eigenvalue weighted by Gasteiger charge is 2.25. The number of aldehydes is 1. The van der Waals surface area contributed by atoms with Gasteiger partial charge >= 0.3 is 12.0 Å². The molecule has 0 aromatic heterocycles. The summed E-state index contributed by atoms with van der Waals surface area (Å²) in [6.45, 7) is 1.85. The van der Waals surface area contributed by atoms with Crippen LogP contribution in [-0.4, -0.2) is 85.7 Å². The smallest absolute Gasteiger partial charge is 0.328 e. The Kier molecular flexibility index (Phi) is 11.4. The van der Waals surface area contributed by atoms with Crippen LogP contribution in [0.25, 0.3) is 0 Å². The molecule has 1 unspecified atom stereocenters. The Hall–Kier alpha value is -4.90. The summed E-state index contributed by atoms with van der Waals surface area (Å²) in [4.78, 5) is 53.5. The summed E-state index contributed by atoms with van der Waals surface area (Å²) in [6, 6.07) is 13.7. The molecule has 0 aliphatic rings. The number of carbonyl (C=O) groups is 4. The van der Waals surface area contributed by atoms with E-state index in [0.717, 1.165) is 5.56 Å². The number of aliphatic carboxylic acids is 1. The van der Waals surface area contributed by atoms with Gasteiger partial charge in [-0.15, -0.1) is 0 Å². The highest BCUT2D eigenvalue weighted by molar-refractivity contribution is 6.05. The van der Waals surface area contributed by atoms with E-state index in [4.69, 9.17) is 0 Å². The van der Waals surface area contributed by atoms with Crippen molar-refractivity contribution in [1.29, 1.82) is 0 Å². The van der Waals surface area contributed by atoms with Crippen molar-refractivity contribution in [3.8, 4) is 11.5 Å². The molecule has 41 heavy (non-hydrogen) atoms. The van der Waals surface area contributed by atoms with Gasteiger partial charge in [0.15, 0.2) is 6.29 Å². The fourth-order valence-corrected chi connectivity index (χ4v) is 3.80. The highest BCUT2D eigenvalue weighted by Crippen LogP contribution is 2.26. The van der Waals surface area contributed by atoms with Crippen molar-refractivity contribution in [3.05, 3.63) is 82.9 Å². The molecule has 0 spiro atoms. The predicted molar refractivity (Wildman–Crippen MR) is 157 cm³/mol. The first-order chi connectivity index (χ1) is 19.3. The van der Waals surface area contributed by atoms with E-state index >= 15 is 0 Å². The molecule has 0 fully saturated rings. The molecule has 0 aliphatic heterocycles. The van der Waals surface area contributed by atoms with E-state index < -0.39 is 41.0 Å². The Morgan fingerprint density at radius 3 is 1.95 bits per heavy atom. The molecule has 3 aromatic carbocycles. The van der Waals surface area contributed by atoms with Crippen molar-refractivity contribution in [1.82, 2.24) is 10.2 Å². The molecule has 0 heterocycles. The van der Waals surface area contributed by atoms with Crippen LogP contribution in [0.1, 0.15) is 31.8 Å². The van der Waals surface area contributed by atoms with Gasteiger partial charge in [-0.3, -0.25) is 19.4 Å². The van der Waals surface area contributed by atoms with E-state index in [1.54, 1.807) is 56.6 Å². The third-order valence-electron chi connectivity index (χ3n) is 5.86. The number of carbonyl (C=O) groups excluding carboxylic acids is 3. The molecule has 3 amide bonds. The van der Waals surface area contributed by atoms with Gasteiger partial charge in [0.05, 0.1) is 5.69 Å². The Bertz CT molecular complexity index is 1370. The number of carboxylic acids is 1. The number of nitrogens with zero attached hydrogens (tertiary/aromatic N) is 3. The highest BCUT2D eigenvalue weighted by atomic mass is 16.4. The Morgan fingerprint density at radius 1 is 0.878 bits per heavy atom. The van der Waals surface area contributed by atoms with Crippen molar-refractivity contribution in [2.45, 2.75) is 19.4 Å². The van der Waals surface area contributed by atoms with E-state index in [9.17, 15) is 34.5 Å². The number of phenolic OH excluding ortho intramolecular Hbond substituents is 2. The fourth-order valence-electron chi connectivity index (χ4n) is 3.80. The molecule has 218 valence electrons. The van der Waals surface area contributed by atoms with Crippen molar-refractivity contribution in [2.75, 3.05) is 45.0 Å². The van der Waals surface area contributed by atoms with Crippen molar-refractivity contribution >= 4 is 35.6 Å². The monoisotopic (exact) mass is 564 g/mol. The Labute approximate surface area is 239 Å². The number of carboxylic acid groups (broad SMARTS) is 1. The molecule has 0 saturated heterocycles. The van der Waals surface area contributed by atoms with Gasteiger partial charge < -0.3 is 25.5 Å². The number of hydrogen-bond donors (Lipinski definition) is 4. The predicted octanol–water partition coefficient (Wildman–Crippen LogP) is 3.51. The molecule has 4 N–H and O–H groups in total. The van der Waals surface area contributed by atoms with Gasteiger partial charge in [0, 0.05) is 31.8 Å². The van der Waals surface area contributed by atoms with Crippen LogP contribution < -0.4 is 15.1 Å². The lowest BCUT2D eigenvalue weighted by Crippen LogP contribution is -2.42. The third-order valence-corrected chi connectivity index (χ3v) is 5.86. The number of amides is 3. The van der Waals surface area contributed by atoms with E-state index in [1.165, 1.54) is 28.0 Å². The number of aromatic hydroxyl groups is 2. The second kappa shape index (κ2) is 14.5. The fraction of sp³-hybridized carbons (Fsp3) is 0.267. The van der Waals surface area contributed by atoms with Gasteiger partial charge in [-0.1, -0.05) is 29.8 Å². The van der Waals surface area contributed by atoms with E-state index in [1.807, 2.05) is 33.0 Å². The van der Waals surface area contributed by atoms with Gasteiger partial charge in [-0.05, 0) is 70.0 Å². The summed E-state index contributed by atoms with van der Waals surface area (Å²) in [5.74, 6) is -3.19. The van der Waals surface area contributed by atoms with Crippen molar-refractivity contribution in [2.24, 2.45) is 0 Å². The zero-order valence-corrected chi connectivity index (χ0v) is 24.0. The largest absolute Gasteiger partial charge is 0.507 e. The maximum atomic E-state index is 13.0. The number of phenols is 2. The number of urea groups is 1. The number of aryl methyl sites for hydroxylation is 1. The summed E-state index contributed by atoms with van der Waals surface area (Å²) in [5, 5.41) is 31.6. The van der Waals surface area contributed by atoms with Crippen LogP contribution in [0.15, 0.2) is 60.7 Å². The average Bonchev–Trinajstić information content (AvgIpc) is 2.91. The van der Waals surface area contributed by atoms with Gasteiger partial charge in [-0.2, -0.15) is 0 Å². The SMILES string of the molecule is CN(C)C.Cc1ccc(N(C)C(=O)N(C)c2ccc(CC(NC(=O)c3c(O)cccc3O)C(=O)O)cc2)c(C=O)c1. The minimum Gasteiger partial charge on any atom is -0.507 e. The Morgan fingerprint density at radius 2 is 1.44 bits per heavy atom. The van der Waals surface area contributed by atoms with Gasteiger partial charge in [-0.25, -0.2) is 9.59 Å². The maximum absolute atomic E-state index is 13.0. The third kappa shape index (κ3) is 8.80. The van der Waals surface area contributed by atoms with Gasteiger partial charge in [0.25, 0.3) is 5.91 Å². The number of rotatable bonds is 8. The molecule has 3 rings (SSSR count). The molecular weight excluding hydrogens is 528 g/mol. The normalized spacial score (nSPS) is 11.1. The van der Waals surface area contributed by atoms with Crippen LogP contribution in [-0.2, 0) is 11.2 Å². The van der Waals surface area contributed by atoms with E-state index in [0.29, 0.717) is 28.8 Å². The zero-order valence-electron chi connectivity index (χ0n) is 24.0. The first-order valence-electron chi connectivity index (χ1n) is 12.6. The van der Waals surface area contributed by atoms with Crippen molar-refractivity contribution < 1.29 is 34.5 Å². The summed E-state index contributed by atoms with van der Waals surface area (Å²) in [5.41, 5.74) is 2.41. The summed E-state index contributed by atoms with van der Waals surface area (Å²) in [6.07, 6.45) is 0.610.